The van der Waals surface area contributed by atoms with Gasteiger partial charge in [-0.25, -0.2) is 4.98 Å². The summed E-state index contributed by atoms with van der Waals surface area (Å²) in [6.45, 7) is 2.78. The molecule has 8 nitrogen and oxygen atoms in total. The molecule has 0 aromatic carbocycles. The quantitative estimate of drug-likeness (QED) is 0.327. The van der Waals surface area contributed by atoms with Crippen molar-refractivity contribution in [2.75, 3.05) is 33.4 Å². The first-order valence-corrected chi connectivity index (χ1v) is 6.44. The van der Waals surface area contributed by atoms with Crippen molar-refractivity contribution in [2.45, 2.75) is 0 Å². The van der Waals surface area contributed by atoms with Crippen LogP contribution in [-0.4, -0.2) is 59.2 Å². The molecule has 1 aliphatic heterocycles. The number of ether oxygens (including phenoxy) is 2. The van der Waals surface area contributed by atoms with Crippen LogP contribution in [0.3, 0.4) is 0 Å². The molecule has 0 bridgehead atoms. The number of thiocarbonyl (C=S) groups is 1. The Hall–Kier alpha value is -2.00. The first kappa shape index (κ1) is 14.4. The Kier molecular flexibility index (Phi) is 5.02. The lowest BCUT2D eigenvalue weighted by Gasteiger charge is -2.28. The minimum absolute atomic E-state index is 0.187. The highest BCUT2D eigenvalue weighted by molar-refractivity contribution is 7.80. The van der Waals surface area contributed by atoms with Crippen molar-refractivity contribution in [2.24, 2.45) is 10.8 Å². The van der Waals surface area contributed by atoms with Crippen LogP contribution >= 0.6 is 12.2 Å². The van der Waals surface area contributed by atoms with E-state index in [0.29, 0.717) is 29.9 Å². The summed E-state index contributed by atoms with van der Waals surface area (Å²) in [5.41, 5.74) is 8.99. The number of nitrogens with zero attached hydrogens (tertiary/aromatic N) is 4. The molecule has 0 spiro atoms. The maximum absolute atomic E-state index is 5.82. The molecule has 0 saturated carbocycles. The van der Waals surface area contributed by atoms with E-state index in [1.54, 1.807) is 0 Å². The van der Waals surface area contributed by atoms with Crippen molar-refractivity contribution in [1.29, 1.82) is 0 Å². The number of amidine groups is 1. The standard InChI is InChI=1S/C11H16N6O2S/c1-18-9-7-13-6-8(14-9)10(12)15-16-11(20)17-2-4-19-5-3-17/h6-7H,2-5H2,1H3,(H2,12,15)(H,16,20). The number of rotatable bonds is 3. The van der Waals surface area contributed by atoms with Crippen LogP contribution in [0.4, 0.5) is 0 Å². The highest BCUT2D eigenvalue weighted by atomic mass is 32.1. The third-order valence-electron chi connectivity index (χ3n) is 2.65. The summed E-state index contributed by atoms with van der Waals surface area (Å²) in [6, 6.07) is 0. The molecule has 9 heteroatoms. The molecule has 1 saturated heterocycles. The van der Waals surface area contributed by atoms with Crippen LogP contribution in [0, 0.1) is 0 Å². The summed E-state index contributed by atoms with van der Waals surface area (Å²) in [4.78, 5) is 10.0. The van der Waals surface area contributed by atoms with E-state index in [2.05, 4.69) is 20.5 Å². The van der Waals surface area contributed by atoms with Gasteiger partial charge in [-0.3, -0.25) is 10.4 Å². The predicted octanol–water partition coefficient (Wildman–Crippen LogP) is -0.688. The summed E-state index contributed by atoms with van der Waals surface area (Å²) in [5.74, 6) is 0.559. The molecule has 20 heavy (non-hydrogen) atoms. The first-order chi connectivity index (χ1) is 9.70. The van der Waals surface area contributed by atoms with Gasteiger partial charge >= 0.3 is 0 Å². The number of aromatic nitrogens is 2. The van der Waals surface area contributed by atoms with E-state index in [4.69, 9.17) is 27.4 Å². The van der Waals surface area contributed by atoms with Gasteiger partial charge in [-0.2, -0.15) is 5.10 Å². The Morgan fingerprint density at radius 1 is 1.50 bits per heavy atom. The zero-order chi connectivity index (χ0) is 14.4. The summed E-state index contributed by atoms with van der Waals surface area (Å²) >= 11 is 5.23. The fourth-order valence-electron chi connectivity index (χ4n) is 1.57. The molecule has 1 fully saturated rings. The molecule has 108 valence electrons. The molecule has 0 aliphatic carbocycles. The number of nitrogens with two attached hydrogens (primary N) is 1. The molecule has 2 heterocycles. The second-order valence-electron chi connectivity index (χ2n) is 3.96. The lowest BCUT2D eigenvalue weighted by atomic mass is 10.4. The Balaban J connectivity index is 1.97. The van der Waals surface area contributed by atoms with Gasteiger partial charge in [0.1, 0.15) is 5.69 Å². The highest BCUT2D eigenvalue weighted by Gasteiger charge is 2.13. The van der Waals surface area contributed by atoms with Gasteiger partial charge < -0.3 is 20.1 Å². The number of morpholine rings is 1. The molecule has 1 aliphatic rings. The normalized spacial score (nSPS) is 15.8. The van der Waals surface area contributed by atoms with Gasteiger partial charge in [0.05, 0.1) is 32.7 Å². The zero-order valence-corrected chi connectivity index (χ0v) is 11.9. The maximum Gasteiger partial charge on any atom is 0.232 e. The number of methoxy groups -OCH3 is 1. The topological polar surface area (TPSA) is 97.9 Å². The van der Waals surface area contributed by atoms with Crippen LogP contribution in [0.25, 0.3) is 0 Å². The minimum Gasteiger partial charge on any atom is -0.480 e. The Morgan fingerprint density at radius 3 is 2.95 bits per heavy atom. The van der Waals surface area contributed by atoms with Gasteiger partial charge in [-0.15, -0.1) is 0 Å². The average molecular weight is 296 g/mol. The van der Waals surface area contributed by atoms with Crippen molar-refractivity contribution in [3.63, 3.8) is 0 Å². The Labute approximate surface area is 122 Å². The Bertz CT molecular complexity index is 503. The molecule has 1 aromatic heterocycles. The summed E-state index contributed by atoms with van der Waals surface area (Å²) in [7, 11) is 1.51. The lowest BCUT2D eigenvalue weighted by Crippen LogP contribution is -2.45. The number of hydrogen-bond donors (Lipinski definition) is 2. The van der Waals surface area contributed by atoms with Crippen LogP contribution in [0.15, 0.2) is 17.5 Å². The van der Waals surface area contributed by atoms with E-state index in [9.17, 15) is 0 Å². The van der Waals surface area contributed by atoms with Gasteiger partial charge in [0, 0.05) is 13.1 Å². The summed E-state index contributed by atoms with van der Waals surface area (Å²) < 4.78 is 10.2. The summed E-state index contributed by atoms with van der Waals surface area (Å²) in [6.07, 6.45) is 2.99. The van der Waals surface area contributed by atoms with Crippen LogP contribution < -0.4 is 15.9 Å². The van der Waals surface area contributed by atoms with Crippen LogP contribution in [0.1, 0.15) is 5.69 Å². The largest absolute Gasteiger partial charge is 0.480 e. The van der Waals surface area contributed by atoms with Crippen molar-refractivity contribution in [1.82, 2.24) is 20.3 Å². The van der Waals surface area contributed by atoms with E-state index in [0.717, 1.165) is 13.1 Å². The number of hydrogen-bond acceptors (Lipinski definition) is 6. The van der Waals surface area contributed by atoms with Gasteiger partial charge in [-0.1, -0.05) is 0 Å². The van der Waals surface area contributed by atoms with Gasteiger partial charge in [0.15, 0.2) is 10.9 Å². The summed E-state index contributed by atoms with van der Waals surface area (Å²) in [5, 5.41) is 4.51. The van der Waals surface area contributed by atoms with Crippen LogP contribution in [0.2, 0.25) is 0 Å². The van der Waals surface area contributed by atoms with Crippen molar-refractivity contribution >= 4 is 23.2 Å². The molecule has 0 radical (unpaired) electrons. The van der Waals surface area contributed by atoms with Gasteiger partial charge in [0.2, 0.25) is 5.88 Å². The lowest BCUT2D eigenvalue weighted by molar-refractivity contribution is 0.0677. The predicted molar refractivity (Wildman–Crippen MR) is 77.4 cm³/mol. The van der Waals surface area contributed by atoms with E-state index in [1.165, 1.54) is 19.5 Å². The Morgan fingerprint density at radius 2 is 2.25 bits per heavy atom. The highest BCUT2D eigenvalue weighted by Crippen LogP contribution is 2.03. The number of nitrogens with one attached hydrogen (secondary N) is 1. The first-order valence-electron chi connectivity index (χ1n) is 6.03. The SMILES string of the molecule is COc1cncc(/C(N)=N\NC(=S)N2CCOCC2)n1. The smallest absolute Gasteiger partial charge is 0.232 e. The minimum atomic E-state index is 0.187. The molecule has 0 amide bonds. The number of hydrazone groups is 1. The molecular formula is C11H16N6O2S. The molecule has 0 atom stereocenters. The molecule has 3 N–H and O–H groups in total. The molecule has 1 aromatic rings. The van der Waals surface area contributed by atoms with E-state index < -0.39 is 0 Å². The molecular weight excluding hydrogens is 280 g/mol. The van der Waals surface area contributed by atoms with Crippen molar-refractivity contribution in [3.8, 4) is 5.88 Å². The van der Waals surface area contributed by atoms with Gasteiger partial charge in [0.25, 0.3) is 0 Å². The molecule has 2 rings (SSSR count). The fourth-order valence-corrected chi connectivity index (χ4v) is 1.80. The maximum atomic E-state index is 5.82. The average Bonchev–Trinajstić information content (AvgIpc) is 2.53. The zero-order valence-electron chi connectivity index (χ0n) is 11.1. The van der Waals surface area contributed by atoms with E-state index >= 15 is 0 Å². The van der Waals surface area contributed by atoms with Crippen molar-refractivity contribution in [3.05, 3.63) is 18.1 Å². The second kappa shape index (κ2) is 6.96. The fraction of sp³-hybridized carbons (Fsp3) is 0.455. The third kappa shape index (κ3) is 3.75. The monoisotopic (exact) mass is 296 g/mol. The van der Waals surface area contributed by atoms with Crippen LogP contribution in [0.5, 0.6) is 5.88 Å². The second-order valence-corrected chi connectivity index (χ2v) is 4.35. The van der Waals surface area contributed by atoms with E-state index in [1.807, 2.05) is 4.90 Å². The molecule has 0 unspecified atom stereocenters. The van der Waals surface area contributed by atoms with E-state index in [-0.39, 0.29) is 5.84 Å². The van der Waals surface area contributed by atoms with Crippen molar-refractivity contribution < 1.29 is 9.47 Å². The third-order valence-corrected chi connectivity index (χ3v) is 3.00. The van der Waals surface area contributed by atoms with Gasteiger partial charge in [-0.05, 0) is 12.2 Å². The van der Waals surface area contributed by atoms with Crippen LogP contribution in [-0.2, 0) is 4.74 Å².